The van der Waals surface area contributed by atoms with E-state index >= 15 is 0 Å². The first-order chi connectivity index (χ1) is 16.8. The summed E-state index contributed by atoms with van der Waals surface area (Å²) in [6.07, 6.45) is 1.71. The molecule has 4 rings (SSSR count). The van der Waals surface area contributed by atoms with Crippen LogP contribution in [-0.4, -0.2) is 49.9 Å². The number of carbonyl (C=O) groups excluding carboxylic acids is 2. The molecule has 0 N–H and O–H groups in total. The van der Waals surface area contributed by atoms with Crippen molar-refractivity contribution in [2.24, 2.45) is 0 Å². The summed E-state index contributed by atoms with van der Waals surface area (Å²) >= 11 is 0. The largest absolute Gasteiger partial charge is 0.490 e. The summed E-state index contributed by atoms with van der Waals surface area (Å²) < 4.78 is 6.25. The molecular weight excluding hydrogens is 440 g/mol. The van der Waals surface area contributed by atoms with E-state index in [-0.39, 0.29) is 36.2 Å². The summed E-state index contributed by atoms with van der Waals surface area (Å²) in [5.41, 5.74) is 4.19. The second-order valence-corrected chi connectivity index (χ2v) is 9.26. The van der Waals surface area contributed by atoms with Crippen LogP contribution in [0.5, 0.6) is 5.75 Å². The van der Waals surface area contributed by atoms with Crippen LogP contribution >= 0.6 is 0 Å². The van der Waals surface area contributed by atoms with Crippen LogP contribution in [-0.2, 0) is 9.59 Å². The number of allylic oxidation sites excluding steroid dienone is 1. The Bertz CT molecular complexity index is 1150. The van der Waals surface area contributed by atoms with Crippen LogP contribution in [0.1, 0.15) is 36.8 Å². The van der Waals surface area contributed by atoms with E-state index in [4.69, 9.17) is 4.74 Å². The molecule has 0 spiro atoms. The zero-order chi connectivity index (χ0) is 25.1. The number of Topliss-reactive ketones (excluding diaryl/α,β-unsaturated/α-hetero) is 1. The van der Waals surface area contributed by atoms with Crippen molar-refractivity contribution >= 4 is 23.1 Å². The number of piperidine rings is 1. The molecular formula is C28H32N4O3. The molecule has 2 aliphatic heterocycles. The van der Waals surface area contributed by atoms with E-state index in [9.17, 15) is 14.9 Å². The molecule has 1 amide bonds. The van der Waals surface area contributed by atoms with Gasteiger partial charge in [-0.3, -0.25) is 9.59 Å². The molecule has 0 radical (unpaired) electrons. The number of nitrogens with zero attached hydrogens (tertiary/aromatic N) is 4. The second-order valence-electron chi connectivity index (χ2n) is 9.26. The van der Waals surface area contributed by atoms with Gasteiger partial charge in [0.2, 0.25) is 5.91 Å². The Balaban J connectivity index is 1.33. The SMILES string of the molecule is Cc1cccc(C)c1OC1CCN(C(=O)CCC(=O)C(C#N)=C2N(C)c3ccccc3N2C)CC1. The third kappa shape index (κ3) is 4.88. The van der Waals surface area contributed by atoms with Crippen molar-refractivity contribution in [3.05, 3.63) is 65.0 Å². The summed E-state index contributed by atoms with van der Waals surface area (Å²) in [6, 6.07) is 16.0. The molecule has 2 heterocycles. The van der Waals surface area contributed by atoms with Crippen LogP contribution in [0.3, 0.4) is 0 Å². The van der Waals surface area contributed by atoms with Crippen molar-refractivity contribution in [1.82, 2.24) is 4.90 Å². The molecule has 2 aromatic carbocycles. The molecule has 0 atom stereocenters. The van der Waals surface area contributed by atoms with Gasteiger partial charge in [-0.05, 0) is 37.1 Å². The lowest BCUT2D eigenvalue weighted by Gasteiger charge is -2.33. The molecule has 35 heavy (non-hydrogen) atoms. The summed E-state index contributed by atoms with van der Waals surface area (Å²) in [5.74, 6) is 1.12. The fourth-order valence-corrected chi connectivity index (χ4v) is 4.94. The number of hydrogen-bond donors (Lipinski definition) is 0. The molecule has 0 aromatic heterocycles. The van der Waals surface area contributed by atoms with E-state index < -0.39 is 0 Å². The first-order valence-corrected chi connectivity index (χ1v) is 12.1. The number of rotatable bonds is 6. The lowest BCUT2D eigenvalue weighted by Crippen LogP contribution is -2.42. The average Bonchev–Trinajstić information content (AvgIpc) is 3.11. The van der Waals surface area contributed by atoms with E-state index in [2.05, 4.69) is 6.07 Å². The van der Waals surface area contributed by atoms with Crippen molar-refractivity contribution in [2.45, 2.75) is 45.6 Å². The second kappa shape index (κ2) is 10.2. The predicted octanol–water partition coefficient (Wildman–Crippen LogP) is 4.34. The van der Waals surface area contributed by atoms with Gasteiger partial charge in [-0.1, -0.05) is 30.3 Å². The molecule has 0 bridgehead atoms. The van der Waals surface area contributed by atoms with Crippen LogP contribution in [0.4, 0.5) is 11.4 Å². The molecule has 0 aliphatic carbocycles. The Morgan fingerprint density at radius 2 is 1.51 bits per heavy atom. The smallest absolute Gasteiger partial charge is 0.223 e. The number of nitriles is 1. The quantitative estimate of drug-likeness (QED) is 0.460. The molecule has 0 saturated carbocycles. The molecule has 7 heteroatoms. The maximum atomic E-state index is 13.0. The van der Waals surface area contributed by atoms with E-state index in [1.165, 1.54) is 0 Å². The van der Waals surface area contributed by atoms with Gasteiger partial charge in [-0.15, -0.1) is 0 Å². The highest BCUT2D eigenvalue weighted by atomic mass is 16.5. The van der Waals surface area contributed by atoms with Crippen LogP contribution < -0.4 is 14.5 Å². The highest BCUT2D eigenvalue weighted by Gasteiger charge is 2.32. The van der Waals surface area contributed by atoms with Crippen molar-refractivity contribution in [3.63, 3.8) is 0 Å². The van der Waals surface area contributed by atoms with Crippen LogP contribution in [0, 0.1) is 25.2 Å². The lowest BCUT2D eigenvalue weighted by atomic mass is 10.0. The number of hydrogen-bond acceptors (Lipinski definition) is 6. The third-order valence-corrected chi connectivity index (χ3v) is 6.91. The minimum absolute atomic E-state index is 0.0160. The van der Waals surface area contributed by atoms with E-state index in [0.717, 1.165) is 41.1 Å². The van der Waals surface area contributed by atoms with Gasteiger partial charge in [0.25, 0.3) is 0 Å². The number of ketones is 1. The third-order valence-electron chi connectivity index (χ3n) is 6.91. The Kier molecular flexibility index (Phi) is 7.11. The van der Waals surface area contributed by atoms with Crippen LogP contribution in [0.15, 0.2) is 53.9 Å². The summed E-state index contributed by atoms with van der Waals surface area (Å²) in [4.78, 5) is 31.3. The van der Waals surface area contributed by atoms with E-state index in [1.807, 2.05) is 80.2 Å². The maximum absolute atomic E-state index is 13.0. The number of likely N-dealkylation sites (tertiary alicyclic amines) is 1. The molecule has 2 aliphatic rings. The number of aryl methyl sites for hydroxylation is 2. The van der Waals surface area contributed by atoms with Crippen molar-refractivity contribution in [2.75, 3.05) is 37.0 Å². The first kappa shape index (κ1) is 24.3. The molecule has 1 saturated heterocycles. The monoisotopic (exact) mass is 472 g/mol. The zero-order valence-electron chi connectivity index (χ0n) is 20.9. The van der Waals surface area contributed by atoms with Gasteiger partial charge in [-0.2, -0.15) is 5.26 Å². The summed E-state index contributed by atoms with van der Waals surface area (Å²) in [7, 11) is 3.69. The molecule has 182 valence electrons. The highest BCUT2D eigenvalue weighted by molar-refractivity contribution is 6.03. The predicted molar refractivity (Wildman–Crippen MR) is 136 cm³/mol. The van der Waals surface area contributed by atoms with Gasteiger partial charge in [0, 0.05) is 52.9 Å². The van der Waals surface area contributed by atoms with Crippen molar-refractivity contribution in [3.8, 4) is 11.8 Å². The fourth-order valence-electron chi connectivity index (χ4n) is 4.94. The Labute approximate surface area is 207 Å². The maximum Gasteiger partial charge on any atom is 0.223 e. The van der Waals surface area contributed by atoms with Gasteiger partial charge in [-0.25, -0.2) is 0 Å². The van der Waals surface area contributed by atoms with E-state index in [0.29, 0.717) is 18.9 Å². The molecule has 7 nitrogen and oxygen atoms in total. The average molecular weight is 473 g/mol. The van der Waals surface area contributed by atoms with Crippen molar-refractivity contribution < 1.29 is 14.3 Å². The molecule has 1 fully saturated rings. The molecule has 0 unspecified atom stereocenters. The number of para-hydroxylation sites is 3. The lowest BCUT2D eigenvalue weighted by molar-refractivity contribution is -0.134. The van der Waals surface area contributed by atoms with Gasteiger partial charge in [0.05, 0.1) is 11.4 Å². The normalized spacial score (nSPS) is 15.6. The molecule has 2 aromatic rings. The number of benzene rings is 2. The Morgan fingerprint density at radius 3 is 2.06 bits per heavy atom. The van der Waals surface area contributed by atoms with Crippen LogP contribution in [0.25, 0.3) is 0 Å². The number of amides is 1. The first-order valence-electron chi connectivity index (χ1n) is 12.1. The summed E-state index contributed by atoms with van der Waals surface area (Å²) in [6.45, 7) is 5.30. The van der Waals surface area contributed by atoms with Gasteiger partial charge in [0.15, 0.2) is 5.78 Å². The topological polar surface area (TPSA) is 76.9 Å². The standard InChI is InChI=1S/C28H32N4O3/c1-19-8-7-9-20(2)27(19)35-21-14-16-32(17-15-21)26(34)13-12-25(33)22(18-29)28-30(3)23-10-5-6-11-24(23)31(28)4/h5-11,21H,12-17H2,1-4H3. The van der Waals surface area contributed by atoms with Crippen molar-refractivity contribution in [1.29, 1.82) is 5.26 Å². The van der Waals surface area contributed by atoms with E-state index in [1.54, 1.807) is 4.90 Å². The Morgan fingerprint density at radius 1 is 0.943 bits per heavy atom. The highest BCUT2D eigenvalue weighted by Crippen LogP contribution is 2.40. The summed E-state index contributed by atoms with van der Waals surface area (Å²) in [5, 5.41) is 9.78. The fraction of sp³-hybridized carbons (Fsp3) is 0.393. The minimum Gasteiger partial charge on any atom is -0.490 e. The zero-order valence-corrected chi connectivity index (χ0v) is 20.9. The number of anilines is 2. The minimum atomic E-state index is -0.310. The number of carbonyl (C=O) groups is 2. The van der Waals surface area contributed by atoms with Crippen LogP contribution in [0.2, 0.25) is 0 Å². The van der Waals surface area contributed by atoms with Gasteiger partial charge in [0.1, 0.15) is 29.3 Å². The van der Waals surface area contributed by atoms with Gasteiger partial charge < -0.3 is 19.4 Å². The Hall–Kier alpha value is -3.79. The number of ether oxygens (including phenoxy) is 1. The number of fused-ring (bicyclic) bond motifs is 1. The van der Waals surface area contributed by atoms with Gasteiger partial charge >= 0.3 is 0 Å².